The number of sulfonamides is 1. The van der Waals surface area contributed by atoms with Crippen molar-refractivity contribution < 1.29 is 8.42 Å². The summed E-state index contributed by atoms with van der Waals surface area (Å²) >= 11 is 0. The molecule has 0 amide bonds. The Morgan fingerprint density at radius 1 is 1.18 bits per heavy atom. The van der Waals surface area contributed by atoms with Crippen LogP contribution in [0.4, 0.5) is 0 Å². The van der Waals surface area contributed by atoms with Gasteiger partial charge in [0, 0.05) is 38.6 Å². The summed E-state index contributed by atoms with van der Waals surface area (Å²) in [7, 11) is -3.13. The first kappa shape index (κ1) is 24.4. The van der Waals surface area contributed by atoms with Crippen molar-refractivity contribution in [2.24, 2.45) is 4.99 Å². The van der Waals surface area contributed by atoms with Crippen molar-refractivity contribution in [1.29, 1.82) is 0 Å². The van der Waals surface area contributed by atoms with Crippen LogP contribution in [0.1, 0.15) is 18.9 Å². The molecule has 0 bridgehead atoms. The molecule has 0 aliphatic rings. The third-order valence-corrected chi connectivity index (χ3v) is 4.45. The van der Waals surface area contributed by atoms with Gasteiger partial charge in [0.25, 0.3) is 0 Å². The average molecular weight is 520 g/mol. The lowest BCUT2D eigenvalue weighted by Crippen LogP contribution is -2.38. The van der Waals surface area contributed by atoms with Crippen LogP contribution in [0.5, 0.6) is 0 Å². The second-order valence-electron chi connectivity index (χ2n) is 6.07. The smallest absolute Gasteiger partial charge is 0.208 e. The highest BCUT2D eigenvalue weighted by molar-refractivity contribution is 14.0. The van der Waals surface area contributed by atoms with Crippen LogP contribution >= 0.6 is 24.0 Å². The maximum absolute atomic E-state index is 11.0. The van der Waals surface area contributed by atoms with Crippen molar-refractivity contribution in [2.45, 2.75) is 19.8 Å². The first-order valence-electron chi connectivity index (χ1n) is 9.03. The van der Waals surface area contributed by atoms with E-state index in [1.54, 1.807) is 6.20 Å². The summed E-state index contributed by atoms with van der Waals surface area (Å²) < 4.78 is 26.3. The fraction of sp³-hybridized carbons (Fsp3) is 0.444. The summed E-state index contributed by atoms with van der Waals surface area (Å²) in [5.41, 5.74) is 2.26. The van der Waals surface area contributed by atoms with Gasteiger partial charge in [-0.1, -0.05) is 12.1 Å². The number of benzene rings is 1. The van der Waals surface area contributed by atoms with Gasteiger partial charge in [0.1, 0.15) is 0 Å². The molecule has 0 radical (unpaired) electrons. The molecule has 0 fully saturated rings. The van der Waals surface area contributed by atoms with Gasteiger partial charge in [0.2, 0.25) is 10.0 Å². The summed E-state index contributed by atoms with van der Waals surface area (Å²) in [6.07, 6.45) is 6.36. The molecule has 1 aromatic heterocycles. The van der Waals surface area contributed by atoms with Crippen LogP contribution in [0, 0.1) is 0 Å². The molecule has 28 heavy (non-hydrogen) atoms. The van der Waals surface area contributed by atoms with Gasteiger partial charge >= 0.3 is 0 Å². The third-order valence-electron chi connectivity index (χ3n) is 3.72. The van der Waals surface area contributed by atoms with Gasteiger partial charge in [-0.25, -0.2) is 17.8 Å². The van der Waals surface area contributed by atoms with E-state index in [0.717, 1.165) is 37.4 Å². The Hall–Kier alpha value is -1.66. The fourth-order valence-corrected chi connectivity index (χ4v) is 2.95. The summed E-state index contributed by atoms with van der Waals surface area (Å²) in [5.74, 6) is 0.741. The number of aromatic nitrogens is 2. The Labute approximate surface area is 184 Å². The van der Waals surface area contributed by atoms with Crippen molar-refractivity contribution in [3.63, 3.8) is 0 Å². The Kier molecular flexibility index (Phi) is 11.1. The largest absolute Gasteiger partial charge is 0.357 e. The Morgan fingerprint density at radius 3 is 2.54 bits per heavy atom. The molecule has 0 saturated heterocycles. The molecular weight excluding hydrogens is 491 g/mol. The van der Waals surface area contributed by atoms with E-state index in [0.29, 0.717) is 19.5 Å². The van der Waals surface area contributed by atoms with Crippen molar-refractivity contribution in [3.05, 3.63) is 48.3 Å². The van der Waals surface area contributed by atoms with E-state index < -0.39 is 10.0 Å². The second-order valence-corrected chi connectivity index (χ2v) is 7.91. The predicted molar refractivity (Wildman–Crippen MR) is 124 cm³/mol. The van der Waals surface area contributed by atoms with Crippen molar-refractivity contribution in [1.82, 2.24) is 25.1 Å². The van der Waals surface area contributed by atoms with E-state index in [1.165, 1.54) is 5.56 Å². The molecule has 0 unspecified atom stereocenters. The molecule has 1 aromatic carbocycles. The lowest BCUT2D eigenvalue weighted by molar-refractivity contribution is 0.585. The van der Waals surface area contributed by atoms with E-state index in [1.807, 2.05) is 23.9 Å². The predicted octanol–water partition coefficient (Wildman–Crippen LogP) is 1.53. The van der Waals surface area contributed by atoms with E-state index in [4.69, 9.17) is 0 Å². The SMILES string of the molecule is CCNC(=NCCCNS(C)(=O)=O)NCCc1ccc(-n2cccn2)cc1.I. The summed E-state index contributed by atoms with van der Waals surface area (Å²) in [5, 5.41) is 10.7. The number of aliphatic imine (C=N–C) groups is 1. The van der Waals surface area contributed by atoms with Crippen molar-refractivity contribution in [3.8, 4) is 5.69 Å². The Bertz CT molecular complexity index is 807. The van der Waals surface area contributed by atoms with Crippen LogP contribution in [0.3, 0.4) is 0 Å². The minimum Gasteiger partial charge on any atom is -0.357 e. The molecule has 8 nitrogen and oxygen atoms in total. The molecule has 0 saturated carbocycles. The molecule has 0 aliphatic carbocycles. The third kappa shape index (κ3) is 9.51. The summed E-state index contributed by atoms with van der Waals surface area (Å²) in [6.45, 7) is 4.48. The minimum absolute atomic E-state index is 0. The normalized spacial score (nSPS) is 11.7. The minimum atomic E-state index is -3.13. The molecule has 10 heteroatoms. The summed E-state index contributed by atoms with van der Waals surface area (Å²) in [6, 6.07) is 10.2. The van der Waals surface area contributed by atoms with Crippen LogP contribution in [-0.2, 0) is 16.4 Å². The van der Waals surface area contributed by atoms with Gasteiger partial charge in [0.05, 0.1) is 11.9 Å². The molecule has 3 N–H and O–H groups in total. The van der Waals surface area contributed by atoms with Gasteiger partial charge in [-0.05, 0) is 43.5 Å². The molecule has 0 spiro atoms. The molecule has 2 rings (SSSR count). The lowest BCUT2D eigenvalue weighted by atomic mass is 10.1. The number of nitrogens with zero attached hydrogens (tertiary/aromatic N) is 3. The molecule has 0 atom stereocenters. The molecule has 0 aliphatic heterocycles. The van der Waals surface area contributed by atoms with Crippen LogP contribution in [0.15, 0.2) is 47.7 Å². The van der Waals surface area contributed by atoms with Gasteiger partial charge in [0.15, 0.2) is 5.96 Å². The molecule has 1 heterocycles. The number of hydrogen-bond donors (Lipinski definition) is 3. The summed E-state index contributed by atoms with van der Waals surface area (Å²) in [4.78, 5) is 4.46. The van der Waals surface area contributed by atoms with Gasteiger partial charge in [-0.15, -0.1) is 24.0 Å². The first-order valence-corrected chi connectivity index (χ1v) is 10.9. The van der Waals surface area contributed by atoms with Crippen LogP contribution < -0.4 is 15.4 Å². The zero-order valence-corrected chi connectivity index (χ0v) is 19.4. The number of guanidine groups is 1. The van der Waals surface area contributed by atoms with E-state index in [-0.39, 0.29) is 24.0 Å². The Morgan fingerprint density at radius 2 is 1.93 bits per heavy atom. The zero-order chi connectivity index (χ0) is 19.5. The zero-order valence-electron chi connectivity index (χ0n) is 16.3. The standard InChI is InChI=1S/C18H28N6O2S.HI/c1-3-19-18(20-11-4-13-23-27(2,25)26)21-14-10-16-6-8-17(9-7-16)24-15-5-12-22-24;/h5-9,12,15,23H,3-4,10-11,13-14H2,1-2H3,(H2,19,20,21);1H. The van der Waals surface area contributed by atoms with Gasteiger partial charge < -0.3 is 10.6 Å². The van der Waals surface area contributed by atoms with Crippen LogP contribution in [0.2, 0.25) is 0 Å². The molecule has 2 aromatic rings. The number of rotatable bonds is 10. The van der Waals surface area contributed by atoms with E-state index in [2.05, 4.69) is 49.7 Å². The van der Waals surface area contributed by atoms with Crippen LogP contribution in [-0.4, -0.2) is 56.6 Å². The number of halogens is 1. The van der Waals surface area contributed by atoms with Crippen LogP contribution in [0.25, 0.3) is 5.69 Å². The monoisotopic (exact) mass is 520 g/mol. The topological polar surface area (TPSA) is 100 Å². The van der Waals surface area contributed by atoms with E-state index in [9.17, 15) is 8.42 Å². The fourth-order valence-electron chi connectivity index (χ4n) is 2.43. The number of hydrogen-bond acceptors (Lipinski definition) is 4. The quantitative estimate of drug-likeness (QED) is 0.191. The lowest BCUT2D eigenvalue weighted by Gasteiger charge is -2.11. The second kappa shape index (κ2) is 12.7. The van der Waals surface area contributed by atoms with Crippen molar-refractivity contribution >= 4 is 40.0 Å². The highest BCUT2D eigenvalue weighted by Crippen LogP contribution is 2.08. The van der Waals surface area contributed by atoms with Crippen molar-refractivity contribution in [2.75, 3.05) is 32.4 Å². The average Bonchev–Trinajstić information content (AvgIpc) is 3.15. The molecule has 156 valence electrons. The maximum atomic E-state index is 11.0. The number of nitrogens with one attached hydrogen (secondary N) is 3. The highest BCUT2D eigenvalue weighted by Gasteiger charge is 2.01. The first-order chi connectivity index (χ1) is 13.0. The molecular formula is C18H29IN6O2S. The Balaban J connectivity index is 0.00000392. The maximum Gasteiger partial charge on any atom is 0.208 e. The van der Waals surface area contributed by atoms with Gasteiger partial charge in [-0.2, -0.15) is 5.10 Å². The highest BCUT2D eigenvalue weighted by atomic mass is 127. The van der Waals surface area contributed by atoms with Gasteiger partial charge in [-0.3, -0.25) is 4.99 Å². The van der Waals surface area contributed by atoms with E-state index >= 15 is 0 Å².